The molecule has 2 heterocycles. The highest BCUT2D eigenvalue weighted by atomic mass is 15.0. The summed E-state index contributed by atoms with van der Waals surface area (Å²) in [5.74, 6) is 1.93. The van der Waals surface area contributed by atoms with E-state index < -0.39 is 0 Å². The number of para-hydroxylation sites is 1. The van der Waals surface area contributed by atoms with E-state index in [1.54, 1.807) is 0 Å². The summed E-state index contributed by atoms with van der Waals surface area (Å²) in [5.41, 5.74) is 13.8. The minimum Gasteiger partial charge on any atom is -0.309 e. The molecule has 0 bridgehead atoms. The Bertz CT molecular complexity index is 2800. The maximum Gasteiger partial charge on any atom is 0.164 e. The van der Waals surface area contributed by atoms with Crippen LogP contribution >= 0.6 is 0 Å². The van der Waals surface area contributed by atoms with Gasteiger partial charge >= 0.3 is 0 Å². The Balaban J connectivity index is 1.14. The molecule has 0 saturated carbocycles. The molecule has 9 aromatic rings. The minimum absolute atomic E-state index is 0.0970. The fraction of sp³-hybridized carbons (Fsp3) is 0.0625. The number of hydrogen-bond donors (Lipinski definition) is 0. The standard InChI is InChI=1S/C48H34N4/c1-48(2)41-19-11-9-17-37(41)38-28-26-36(30-42(38)48)52-43-20-12-10-18-39(43)40-27-25-35(29-44(40)52)47-50-45(33-15-7-4-8-16-33)49-46(51-47)34-23-21-32(22-24-34)31-13-5-3-6-14-31/h3-30H,1-2H3. The van der Waals surface area contributed by atoms with E-state index in [2.05, 4.69) is 164 Å². The van der Waals surface area contributed by atoms with Gasteiger partial charge in [-0.25, -0.2) is 15.0 Å². The number of nitrogens with zero attached hydrogens (tertiary/aromatic N) is 4. The zero-order valence-corrected chi connectivity index (χ0v) is 29.0. The summed E-state index contributed by atoms with van der Waals surface area (Å²) in [6.07, 6.45) is 0. The van der Waals surface area contributed by atoms with Crippen molar-refractivity contribution in [2.24, 2.45) is 0 Å². The number of hydrogen-bond acceptors (Lipinski definition) is 3. The first kappa shape index (κ1) is 30.2. The minimum atomic E-state index is -0.0970. The SMILES string of the molecule is CC1(C)c2ccccc2-c2ccc(-n3c4ccccc4c4ccc(-c5nc(-c6ccccc6)nc(-c6ccc(-c7ccccc7)cc6)n5)cc43)cc21. The molecule has 1 aliphatic carbocycles. The Labute approximate surface area is 302 Å². The Morgan fingerprint density at radius 3 is 1.65 bits per heavy atom. The van der Waals surface area contributed by atoms with Crippen LogP contribution in [0.2, 0.25) is 0 Å². The topological polar surface area (TPSA) is 43.6 Å². The Morgan fingerprint density at radius 1 is 0.385 bits per heavy atom. The molecule has 2 aromatic heterocycles. The van der Waals surface area contributed by atoms with Gasteiger partial charge in [-0.05, 0) is 57.6 Å². The number of fused-ring (bicyclic) bond motifs is 6. The normalized spacial score (nSPS) is 13.0. The van der Waals surface area contributed by atoms with E-state index in [1.807, 2.05) is 24.3 Å². The first-order chi connectivity index (χ1) is 25.5. The summed E-state index contributed by atoms with van der Waals surface area (Å²) in [6, 6.07) is 60.1. The van der Waals surface area contributed by atoms with Gasteiger partial charge < -0.3 is 4.57 Å². The lowest BCUT2D eigenvalue weighted by Crippen LogP contribution is -2.15. The zero-order valence-electron chi connectivity index (χ0n) is 29.0. The van der Waals surface area contributed by atoms with Gasteiger partial charge in [-0.2, -0.15) is 0 Å². The summed E-state index contributed by atoms with van der Waals surface area (Å²) in [6.45, 7) is 4.67. The van der Waals surface area contributed by atoms with Crippen LogP contribution < -0.4 is 0 Å². The summed E-state index contributed by atoms with van der Waals surface area (Å²) in [7, 11) is 0. The lowest BCUT2D eigenvalue weighted by atomic mass is 9.82. The predicted octanol–water partition coefficient (Wildman–Crippen LogP) is 11.9. The summed E-state index contributed by atoms with van der Waals surface area (Å²) in [5, 5.41) is 2.41. The molecule has 0 spiro atoms. The molecule has 1 aliphatic rings. The van der Waals surface area contributed by atoms with Crippen LogP contribution in [0.25, 0.3) is 83.9 Å². The monoisotopic (exact) mass is 666 g/mol. The fourth-order valence-corrected chi connectivity index (χ4v) is 8.01. The molecular weight excluding hydrogens is 633 g/mol. The Morgan fingerprint density at radius 2 is 0.904 bits per heavy atom. The molecule has 10 rings (SSSR count). The molecule has 246 valence electrons. The van der Waals surface area contributed by atoms with E-state index in [-0.39, 0.29) is 5.41 Å². The number of aromatic nitrogens is 4. The quantitative estimate of drug-likeness (QED) is 0.184. The van der Waals surface area contributed by atoms with E-state index in [9.17, 15) is 0 Å². The molecule has 0 saturated heterocycles. The van der Waals surface area contributed by atoms with Crippen LogP contribution in [0.15, 0.2) is 170 Å². The van der Waals surface area contributed by atoms with Gasteiger partial charge in [0, 0.05) is 38.6 Å². The largest absolute Gasteiger partial charge is 0.309 e. The van der Waals surface area contributed by atoms with E-state index in [4.69, 9.17) is 15.0 Å². The van der Waals surface area contributed by atoms with Gasteiger partial charge in [-0.15, -0.1) is 0 Å². The van der Waals surface area contributed by atoms with Crippen molar-refractivity contribution < 1.29 is 0 Å². The molecule has 7 aromatic carbocycles. The molecule has 0 unspecified atom stereocenters. The van der Waals surface area contributed by atoms with Crippen LogP contribution in [0.3, 0.4) is 0 Å². The lowest BCUT2D eigenvalue weighted by molar-refractivity contribution is 0.660. The third-order valence-electron chi connectivity index (χ3n) is 10.7. The Hall–Kier alpha value is -6.65. The van der Waals surface area contributed by atoms with Gasteiger partial charge in [-0.1, -0.05) is 159 Å². The molecular formula is C48H34N4. The van der Waals surface area contributed by atoms with Crippen molar-refractivity contribution in [2.75, 3.05) is 0 Å². The van der Waals surface area contributed by atoms with E-state index in [0.717, 1.165) is 33.5 Å². The van der Waals surface area contributed by atoms with E-state index >= 15 is 0 Å². The first-order valence-electron chi connectivity index (χ1n) is 17.8. The number of benzene rings is 7. The third kappa shape index (κ3) is 4.79. The molecule has 52 heavy (non-hydrogen) atoms. The molecule has 0 amide bonds. The van der Waals surface area contributed by atoms with Crippen molar-refractivity contribution in [3.05, 3.63) is 181 Å². The molecule has 4 nitrogen and oxygen atoms in total. The van der Waals surface area contributed by atoms with Crippen molar-refractivity contribution in [3.63, 3.8) is 0 Å². The second-order valence-electron chi connectivity index (χ2n) is 14.1. The molecule has 0 atom stereocenters. The second kappa shape index (κ2) is 11.7. The van der Waals surface area contributed by atoms with Crippen molar-refractivity contribution >= 4 is 21.8 Å². The van der Waals surface area contributed by atoms with Gasteiger partial charge in [0.05, 0.1) is 11.0 Å². The van der Waals surface area contributed by atoms with Crippen LogP contribution in [0, 0.1) is 0 Å². The van der Waals surface area contributed by atoms with Crippen molar-refractivity contribution in [1.82, 2.24) is 19.5 Å². The van der Waals surface area contributed by atoms with E-state index in [0.29, 0.717) is 17.5 Å². The van der Waals surface area contributed by atoms with Gasteiger partial charge in [0.25, 0.3) is 0 Å². The maximum absolute atomic E-state index is 5.12. The zero-order chi connectivity index (χ0) is 34.8. The van der Waals surface area contributed by atoms with Crippen LogP contribution in [0.4, 0.5) is 0 Å². The summed E-state index contributed by atoms with van der Waals surface area (Å²) in [4.78, 5) is 15.2. The van der Waals surface area contributed by atoms with Crippen molar-refractivity contribution in [2.45, 2.75) is 19.3 Å². The summed E-state index contributed by atoms with van der Waals surface area (Å²) >= 11 is 0. The molecule has 4 heteroatoms. The smallest absolute Gasteiger partial charge is 0.164 e. The van der Waals surface area contributed by atoms with E-state index in [1.165, 1.54) is 44.1 Å². The lowest BCUT2D eigenvalue weighted by Gasteiger charge is -2.22. The number of rotatable bonds is 5. The fourth-order valence-electron chi connectivity index (χ4n) is 8.01. The van der Waals surface area contributed by atoms with Gasteiger partial charge in [0.2, 0.25) is 0 Å². The van der Waals surface area contributed by atoms with Crippen LogP contribution in [-0.2, 0) is 5.41 Å². The summed E-state index contributed by atoms with van der Waals surface area (Å²) < 4.78 is 2.40. The van der Waals surface area contributed by atoms with Crippen molar-refractivity contribution in [1.29, 1.82) is 0 Å². The molecule has 0 aliphatic heterocycles. The maximum atomic E-state index is 5.12. The Kier molecular flexibility index (Phi) is 6.80. The van der Waals surface area contributed by atoms with Gasteiger partial charge in [-0.3, -0.25) is 0 Å². The molecule has 0 fully saturated rings. The highest BCUT2D eigenvalue weighted by Gasteiger charge is 2.35. The van der Waals surface area contributed by atoms with Gasteiger partial charge in [0.1, 0.15) is 0 Å². The van der Waals surface area contributed by atoms with Crippen LogP contribution in [-0.4, -0.2) is 19.5 Å². The molecule has 0 N–H and O–H groups in total. The highest BCUT2D eigenvalue weighted by molar-refractivity contribution is 6.10. The van der Waals surface area contributed by atoms with Crippen LogP contribution in [0.1, 0.15) is 25.0 Å². The average Bonchev–Trinajstić information content (AvgIpc) is 3.66. The first-order valence-corrected chi connectivity index (χ1v) is 17.8. The van der Waals surface area contributed by atoms with Crippen LogP contribution in [0.5, 0.6) is 0 Å². The highest BCUT2D eigenvalue weighted by Crippen LogP contribution is 2.49. The second-order valence-corrected chi connectivity index (χ2v) is 14.1. The third-order valence-corrected chi connectivity index (χ3v) is 10.7. The van der Waals surface area contributed by atoms with Crippen molar-refractivity contribution in [3.8, 4) is 62.1 Å². The predicted molar refractivity (Wildman–Crippen MR) is 213 cm³/mol. The average molecular weight is 667 g/mol. The molecule has 0 radical (unpaired) electrons. The van der Waals surface area contributed by atoms with Gasteiger partial charge in [0.15, 0.2) is 17.5 Å².